The molecule has 0 amide bonds. The van der Waals surface area contributed by atoms with Gasteiger partial charge in [0.25, 0.3) is 0 Å². The zero-order valence-electron chi connectivity index (χ0n) is 12.7. The van der Waals surface area contributed by atoms with Gasteiger partial charge in [-0.25, -0.2) is 0 Å². The lowest BCUT2D eigenvalue weighted by atomic mass is 10.0. The van der Waals surface area contributed by atoms with E-state index in [4.69, 9.17) is 16.3 Å². The lowest BCUT2D eigenvalue weighted by molar-refractivity contribution is -0.140. The summed E-state index contributed by atoms with van der Waals surface area (Å²) in [6.45, 7) is 1.96. The van der Waals surface area contributed by atoms with Crippen molar-refractivity contribution in [1.82, 2.24) is 4.98 Å². The molecule has 1 heterocycles. The maximum absolute atomic E-state index is 11.4. The Kier molecular flexibility index (Phi) is 4.68. The van der Waals surface area contributed by atoms with E-state index < -0.39 is 0 Å². The molecule has 0 aliphatic rings. The topological polar surface area (TPSA) is 42.4 Å². The molecule has 0 N–H and O–H groups in total. The predicted octanol–water partition coefficient (Wildman–Crippen LogP) is 3.37. The van der Waals surface area contributed by atoms with E-state index in [-0.39, 0.29) is 5.97 Å². The van der Waals surface area contributed by atoms with Crippen LogP contribution in [0.5, 0.6) is 0 Å². The zero-order chi connectivity index (χ0) is 15.6. The molecule has 0 atom stereocenters. The third kappa shape index (κ3) is 3.45. The highest BCUT2D eigenvalue weighted by Gasteiger charge is 2.12. The summed E-state index contributed by atoms with van der Waals surface area (Å²) in [6, 6.07) is 5.82. The van der Waals surface area contributed by atoms with Crippen LogP contribution in [0.15, 0.2) is 18.2 Å². The predicted molar refractivity (Wildman–Crippen MR) is 86.2 cm³/mol. The highest BCUT2D eigenvalue weighted by molar-refractivity contribution is 6.31. The molecule has 0 saturated carbocycles. The molecule has 112 valence electrons. The maximum atomic E-state index is 11.4. The Labute approximate surface area is 129 Å². The number of hydrogen-bond donors (Lipinski definition) is 0. The van der Waals surface area contributed by atoms with Crippen molar-refractivity contribution in [3.63, 3.8) is 0 Å². The molecule has 2 aromatic rings. The van der Waals surface area contributed by atoms with Crippen LogP contribution >= 0.6 is 11.6 Å². The lowest BCUT2D eigenvalue weighted by Crippen LogP contribution is -2.10. The number of hydrogen-bond acceptors (Lipinski definition) is 4. The van der Waals surface area contributed by atoms with Crippen LogP contribution in [0.1, 0.15) is 17.7 Å². The summed E-state index contributed by atoms with van der Waals surface area (Å²) in [4.78, 5) is 18.0. The van der Waals surface area contributed by atoms with Gasteiger partial charge in [0.2, 0.25) is 0 Å². The molecule has 0 bridgehead atoms. The van der Waals surface area contributed by atoms with E-state index in [2.05, 4.69) is 4.98 Å². The van der Waals surface area contributed by atoms with Gasteiger partial charge < -0.3 is 9.64 Å². The number of nitrogens with zero attached hydrogens (tertiary/aromatic N) is 2. The molecular weight excluding hydrogens is 288 g/mol. The Bertz CT molecular complexity index is 684. The summed E-state index contributed by atoms with van der Waals surface area (Å²) >= 11 is 6.23. The number of halogens is 1. The second-order valence-electron chi connectivity index (χ2n) is 5.21. The molecule has 0 spiro atoms. The standard InChI is InChI=1S/C16H19ClN2O2/c1-10-7-14(19(2)3)13-9-12(17)8-11(16(13)18-10)5-6-15(20)21-4/h7-9H,5-6H2,1-4H3. The highest BCUT2D eigenvalue weighted by atomic mass is 35.5. The molecule has 0 aliphatic carbocycles. The van der Waals surface area contributed by atoms with Crippen molar-refractivity contribution in [3.8, 4) is 0 Å². The van der Waals surface area contributed by atoms with Crippen molar-refractivity contribution in [2.45, 2.75) is 19.8 Å². The summed E-state index contributed by atoms with van der Waals surface area (Å²) in [5, 5.41) is 1.65. The van der Waals surface area contributed by atoms with Gasteiger partial charge in [0, 0.05) is 42.3 Å². The fourth-order valence-electron chi connectivity index (χ4n) is 2.37. The Morgan fingerprint density at radius 1 is 1.33 bits per heavy atom. The third-order valence-electron chi connectivity index (χ3n) is 3.37. The van der Waals surface area contributed by atoms with E-state index in [9.17, 15) is 4.79 Å². The highest BCUT2D eigenvalue weighted by Crippen LogP contribution is 2.31. The number of rotatable bonds is 4. The van der Waals surface area contributed by atoms with E-state index in [0.717, 1.165) is 27.8 Å². The number of fused-ring (bicyclic) bond motifs is 1. The second kappa shape index (κ2) is 6.31. The van der Waals surface area contributed by atoms with Gasteiger partial charge in [-0.1, -0.05) is 11.6 Å². The van der Waals surface area contributed by atoms with Crippen LogP contribution in [-0.2, 0) is 16.0 Å². The average Bonchev–Trinajstić information content (AvgIpc) is 2.43. The molecule has 1 aromatic carbocycles. The second-order valence-corrected chi connectivity index (χ2v) is 5.65. The normalized spacial score (nSPS) is 10.7. The summed E-state index contributed by atoms with van der Waals surface area (Å²) in [5.41, 5.74) is 3.87. The van der Waals surface area contributed by atoms with Crippen LogP contribution in [0.3, 0.4) is 0 Å². The monoisotopic (exact) mass is 306 g/mol. The van der Waals surface area contributed by atoms with Gasteiger partial charge in [-0.3, -0.25) is 9.78 Å². The Balaban J connectivity index is 2.57. The molecule has 0 saturated heterocycles. The van der Waals surface area contributed by atoms with Gasteiger partial charge in [-0.15, -0.1) is 0 Å². The minimum atomic E-state index is -0.233. The number of benzene rings is 1. The fraction of sp³-hybridized carbons (Fsp3) is 0.375. The first-order valence-corrected chi connectivity index (χ1v) is 7.14. The molecule has 21 heavy (non-hydrogen) atoms. The molecule has 1 aromatic heterocycles. The van der Waals surface area contributed by atoms with E-state index in [1.807, 2.05) is 44.1 Å². The average molecular weight is 307 g/mol. The van der Waals surface area contributed by atoms with Crippen LogP contribution < -0.4 is 4.90 Å². The summed E-state index contributed by atoms with van der Waals surface area (Å²) in [7, 11) is 5.37. The number of anilines is 1. The van der Waals surface area contributed by atoms with Gasteiger partial charge in [0.05, 0.1) is 12.6 Å². The van der Waals surface area contributed by atoms with Crippen molar-refractivity contribution < 1.29 is 9.53 Å². The van der Waals surface area contributed by atoms with Gasteiger partial charge >= 0.3 is 5.97 Å². The Morgan fingerprint density at radius 3 is 2.67 bits per heavy atom. The molecular formula is C16H19ClN2O2. The number of ether oxygens (including phenoxy) is 1. The van der Waals surface area contributed by atoms with Crippen LogP contribution in [0, 0.1) is 6.92 Å². The lowest BCUT2D eigenvalue weighted by Gasteiger charge is -2.18. The minimum absolute atomic E-state index is 0.233. The van der Waals surface area contributed by atoms with E-state index in [1.165, 1.54) is 7.11 Å². The number of methoxy groups -OCH3 is 1. The first-order valence-electron chi connectivity index (χ1n) is 6.76. The van der Waals surface area contributed by atoms with Crippen molar-refractivity contribution in [3.05, 3.63) is 34.5 Å². The molecule has 2 rings (SSSR count). The van der Waals surface area contributed by atoms with E-state index in [1.54, 1.807) is 0 Å². The third-order valence-corrected chi connectivity index (χ3v) is 3.59. The van der Waals surface area contributed by atoms with E-state index in [0.29, 0.717) is 17.9 Å². The van der Waals surface area contributed by atoms with Crippen molar-refractivity contribution in [1.29, 1.82) is 0 Å². The maximum Gasteiger partial charge on any atom is 0.305 e. The van der Waals surface area contributed by atoms with Crippen molar-refractivity contribution >= 4 is 34.2 Å². The van der Waals surface area contributed by atoms with Gasteiger partial charge in [0.15, 0.2) is 0 Å². The fourth-order valence-corrected chi connectivity index (χ4v) is 2.61. The summed E-state index contributed by atoms with van der Waals surface area (Å²) < 4.78 is 4.70. The van der Waals surface area contributed by atoms with Crippen molar-refractivity contribution in [2.75, 3.05) is 26.1 Å². The molecule has 5 heteroatoms. The molecule has 0 aliphatic heterocycles. The summed E-state index contributed by atoms with van der Waals surface area (Å²) in [6.07, 6.45) is 0.881. The van der Waals surface area contributed by atoms with E-state index >= 15 is 0 Å². The number of aryl methyl sites for hydroxylation is 2. The van der Waals surface area contributed by atoms with Crippen LogP contribution in [0.25, 0.3) is 10.9 Å². The number of carbonyl (C=O) groups excluding carboxylic acids is 1. The first-order chi connectivity index (χ1) is 9.92. The minimum Gasteiger partial charge on any atom is -0.469 e. The molecule has 0 fully saturated rings. The van der Waals surface area contributed by atoms with Crippen LogP contribution in [0.4, 0.5) is 5.69 Å². The molecule has 4 nitrogen and oxygen atoms in total. The largest absolute Gasteiger partial charge is 0.469 e. The quantitative estimate of drug-likeness (QED) is 0.812. The van der Waals surface area contributed by atoms with Gasteiger partial charge in [-0.05, 0) is 37.1 Å². The Morgan fingerprint density at radius 2 is 2.05 bits per heavy atom. The van der Waals surface area contributed by atoms with Crippen LogP contribution in [0.2, 0.25) is 5.02 Å². The number of aromatic nitrogens is 1. The molecule has 0 unspecified atom stereocenters. The smallest absolute Gasteiger partial charge is 0.305 e. The Hall–Kier alpha value is -1.81. The number of esters is 1. The first kappa shape index (κ1) is 15.6. The van der Waals surface area contributed by atoms with Gasteiger partial charge in [-0.2, -0.15) is 0 Å². The van der Waals surface area contributed by atoms with Gasteiger partial charge in [0.1, 0.15) is 0 Å². The summed E-state index contributed by atoms with van der Waals surface area (Å²) in [5.74, 6) is -0.233. The SMILES string of the molecule is COC(=O)CCc1cc(Cl)cc2c(N(C)C)cc(C)nc12. The molecule has 0 radical (unpaired) electrons. The number of pyridine rings is 1. The van der Waals surface area contributed by atoms with Crippen molar-refractivity contribution in [2.24, 2.45) is 0 Å². The van der Waals surface area contributed by atoms with Crippen LogP contribution in [-0.4, -0.2) is 32.2 Å². The number of carbonyl (C=O) groups is 1. The zero-order valence-corrected chi connectivity index (χ0v) is 13.5.